The van der Waals surface area contributed by atoms with Crippen molar-refractivity contribution >= 4 is 29.9 Å². The SMILES string of the molecule is CCCN1CCC(NC(=NC)NCc2ccc(CN3CCCCC3)cc2)CC1.I. The Morgan fingerprint density at radius 3 is 2.24 bits per heavy atom. The number of guanidine groups is 1. The van der Waals surface area contributed by atoms with Crippen LogP contribution in [-0.4, -0.2) is 61.6 Å². The number of nitrogens with zero attached hydrogens (tertiary/aromatic N) is 3. The first-order valence-corrected chi connectivity index (χ1v) is 11.3. The molecule has 0 aliphatic carbocycles. The number of hydrogen-bond donors (Lipinski definition) is 2. The topological polar surface area (TPSA) is 42.9 Å². The lowest BCUT2D eigenvalue weighted by Gasteiger charge is -2.32. The highest BCUT2D eigenvalue weighted by Gasteiger charge is 2.19. The molecule has 2 fully saturated rings. The third-order valence-corrected chi connectivity index (χ3v) is 6.03. The molecule has 0 atom stereocenters. The van der Waals surface area contributed by atoms with Crippen LogP contribution < -0.4 is 10.6 Å². The van der Waals surface area contributed by atoms with Crippen LogP contribution >= 0.6 is 24.0 Å². The number of nitrogens with one attached hydrogen (secondary N) is 2. The molecule has 0 unspecified atom stereocenters. The maximum absolute atomic E-state index is 4.42. The first-order valence-electron chi connectivity index (χ1n) is 11.3. The molecular formula is C23H40IN5. The lowest BCUT2D eigenvalue weighted by molar-refractivity contribution is 0.206. The molecule has 0 amide bonds. The van der Waals surface area contributed by atoms with E-state index < -0.39 is 0 Å². The molecule has 0 saturated carbocycles. The fraction of sp³-hybridized carbons (Fsp3) is 0.696. The molecule has 2 N–H and O–H groups in total. The van der Waals surface area contributed by atoms with Gasteiger partial charge in [-0.3, -0.25) is 9.89 Å². The molecule has 0 bridgehead atoms. The molecule has 2 aliphatic rings. The zero-order valence-corrected chi connectivity index (χ0v) is 20.7. The van der Waals surface area contributed by atoms with Crippen molar-refractivity contribution in [2.45, 2.75) is 64.6 Å². The van der Waals surface area contributed by atoms with Gasteiger partial charge in [-0.2, -0.15) is 0 Å². The Balaban J connectivity index is 0.00000300. The van der Waals surface area contributed by atoms with Gasteiger partial charge in [0.25, 0.3) is 0 Å². The molecule has 164 valence electrons. The van der Waals surface area contributed by atoms with Crippen molar-refractivity contribution in [3.05, 3.63) is 35.4 Å². The maximum atomic E-state index is 4.42. The van der Waals surface area contributed by atoms with Gasteiger partial charge in [-0.15, -0.1) is 24.0 Å². The van der Waals surface area contributed by atoms with Gasteiger partial charge >= 0.3 is 0 Å². The van der Waals surface area contributed by atoms with Gasteiger partial charge in [-0.1, -0.05) is 37.6 Å². The molecule has 0 radical (unpaired) electrons. The Hall–Kier alpha value is -0.860. The predicted molar refractivity (Wildman–Crippen MR) is 134 cm³/mol. The Kier molecular flexibility index (Phi) is 11.3. The van der Waals surface area contributed by atoms with Gasteiger partial charge < -0.3 is 15.5 Å². The summed E-state index contributed by atoms with van der Waals surface area (Å²) < 4.78 is 0. The number of hydrogen-bond acceptors (Lipinski definition) is 3. The van der Waals surface area contributed by atoms with E-state index in [2.05, 4.69) is 56.6 Å². The third-order valence-electron chi connectivity index (χ3n) is 6.03. The zero-order chi connectivity index (χ0) is 19.6. The summed E-state index contributed by atoms with van der Waals surface area (Å²) in [5, 5.41) is 7.09. The van der Waals surface area contributed by atoms with Crippen LogP contribution in [0.2, 0.25) is 0 Å². The Morgan fingerprint density at radius 2 is 1.62 bits per heavy atom. The van der Waals surface area contributed by atoms with Crippen LogP contribution in [0.15, 0.2) is 29.3 Å². The Labute approximate surface area is 194 Å². The van der Waals surface area contributed by atoms with E-state index in [1.807, 2.05) is 7.05 Å². The standard InChI is InChI=1S/C23H39N5.HI/c1-3-13-27-16-11-22(12-17-27)26-23(24-2)25-18-20-7-9-21(10-8-20)19-28-14-5-4-6-15-28;/h7-10,22H,3-6,11-19H2,1-2H3,(H2,24,25,26);1H. The summed E-state index contributed by atoms with van der Waals surface area (Å²) in [6.07, 6.45) is 7.75. The van der Waals surface area contributed by atoms with Crippen LogP contribution in [0.25, 0.3) is 0 Å². The summed E-state index contributed by atoms with van der Waals surface area (Å²) in [7, 11) is 1.86. The summed E-state index contributed by atoms with van der Waals surface area (Å²) in [6.45, 7) is 10.3. The van der Waals surface area contributed by atoms with Crippen molar-refractivity contribution < 1.29 is 0 Å². The van der Waals surface area contributed by atoms with Crippen molar-refractivity contribution in [1.82, 2.24) is 20.4 Å². The molecule has 1 aromatic carbocycles. The minimum atomic E-state index is 0. The van der Waals surface area contributed by atoms with Crippen molar-refractivity contribution in [3.63, 3.8) is 0 Å². The normalized spacial score (nSPS) is 19.6. The minimum Gasteiger partial charge on any atom is -0.354 e. The molecule has 2 heterocycles. The molecule has 29 heavy (non-hydrogen) atoms. The molecule has 2 aliphatic heterocycles. The molecular weight excluding hydrogens is 473 g/mol. The van der Waals surface area contributed by atoms with Gasteiger partial charge in [-0.25, -0.2) is 0 Å². The van der Waals surface area contributed by atoms with Crippen LogP contribution in [0.4, 0.5) is 0 Å². The minimum absolute atomic E-state index is 0. The molecule has 1 aromatic rings. The molecule has 3 rings (SSSR count). The van der Waals surface area contributed by atoms with Crippen LogP contribution in [0.5, 0.6) is 0 Å². The fourth-order valence-corrected chi connectivity index (χ4v) is 4.33. The highest BCUT2D eigenvalue weighted by Crippen LogP contribution is 2.14. The van der Waals surface area contributed by atoms with Gasteiger partial charge in [0, 0.05) is 39.3 Å². The Bertz CT molecular complexity index is 590. The number of halogens is 1. The lowest BCUT2D eigenvalue weighted by Crippen LogP contribution is -2.48. The average molecular weight is 514 g/mol. The summed E-state index contributed by atoms with van der Waals surface area (Å²) in [4.78, 5) is 9.57. The van der Waals surface area contributed by atoms with Gasteiger partial charge in [0.2, 0.25) is 0 Å². The average Bonchev–Trinajstić information content (AvgIpc) is 2.74. The van der Waals surface area contributed by atoms with Crippen LogP contribution in [0.1, 0.15) is 56.6 Å². The first-order chi connectivity index (χ1) is 13.8. The van der Waals surface area contributed by atoms with Crippen molar-refractivity contribution in [2.24, 2.45) is 4.99 Å². The molecule has 5 nitrogen and oxygen atoms in total. The van der Waals surface area contributed by atoms with Gasteiger partial charge in [0.1, 0.15) is 0 Å². The number of aliphatic imine (C=N–C) groups is 1. The summed E-state index contributed by atoms with van der Waals surface area (Å²) >= 11 is 0. The van der Waals surface area contributed by atoms with Crippen molar-refractivity contribution in [1.29, 1.82) is 0 Å². The third kappa shape index (κ3) is 8.42. The van der Waals surface area contributed by atoms with Crippen LogP contribution in [-0.2, 0) is 13.1 Å². The van der Waals surface area contributed by atoms with Crippen LogP contribution in [0, 0.1) is 0 Å². The molecule has 0 spiro atoms. The van der Waals surface area contributed by atoms with Crippen molar-refractivity contribution in [3.8, 4) is 0 Å². The fourth-order valence-electron chi connectivity index (χ4n) is 4.33. The number of likely N-dealkylation sites (tertiary alicyclic amines) is 2. The lowest BCUT2D eigenvalue weighted by atomic mass is 10.1. The Morgan fingerprint density at radius 1 is 0.966 bits per heavy atom. The second-order valence-electron chi connectivity index (χ2n) is 8.34. The summed E-state index contributed by atoms with van der Waals surface area (Å²) in [5.41, 5.74) is 2.73. The first kappa shape index (κ1) is 24.4. The monoisotopic (exact) mass is 513 g/mol. The van der Waals surface area contributed by atoms with Gasteiger partial charge in [0.15, 0.2) is 5.96 Å². The van der Waals surface area contributed by atoms with E-state index >= 15 is 0 Å². The quantitative estimate of drug-likeness (QED) is 0.331. The summed E-state index contributed by atoms with van der Waals surface area (Å²) in [6, 6.07) is 9.61. The second-order valence-corrected chi connectivity index (χ2v) is 8.34. The van der Waals surface area contributed by atoms with E-state index in [1.165, 1.54) is 82.4 Å². The smallest absolute Gasteiger partial charge is 0.191 e. The number of benzene rings is 1. The van der Waals surface area contributed by atoms with Crippen molar-refractivity contribution in [2.75, 3.05) is 39.8 Å². The van der Waals surface area contributed by atoms with Crippen LogP contribution in [0.3, 0.4) is 0 Å². The van der Waals surface area contributed by atoms with E-state index in [0.717, 1.165) is 19.0 Å². The maximum Gasteiger partial charge on any atom is 0.191 e. The number of rotatable bonds is 7. The zero-order valence-electron chi connectivity index (χ0n) is 18.3. The second kappa shape index (κ2) is 13.4. The molecule has 2 saturated heterocycles. The van der Waals surface area contributed by atoms with E-state index in [-0.39, 0.29) is 24.0 Å². The highest BCUT2D eigenvalue weighted by atomic mass is 127. The van der Waals surface area contributed by atoms with E-state index in [1.54, 1.807) is 0 Å². The van der Waals surface area contributed by atoms with E-state index in [0.29, 0.717) is 6.04 Å². The number of piperidine rings is 2. The van der Waals surface area contributed by atoms with E-state index in [4.69, 9.17) is 0 Å². The summed E-state index contributed by atoms with van der Waals surface area (Å²) in [5.74, 6) is 0.923. The molecule has 0 aromatic heterocycles. The largest absolute Gasteiger partial charge is 0.354 e. The predicted octanol–water partition coefficient (Wildman–Crippen LogP) is 3.83. The van der Waals surface area contributed by atoms with Gasteiger partial charge in [-0.05, 0) is 62.9 Å². The van der Waals surface area contributed by atoms with Gasteiger partial charge in [0.05, 0.1) is 0 Å². The highest BCUT2D eigenvalue weighted by molar-refractivity contribution is 14.0. The van der Waals surface area contributed by atoms with E-state index in [9.17, 15) is 0 Å². The molecule has 6 heteroatoms.